The van der Waals surface area contributed by atoms with Crippen LogP contribution in [0.2, 0.25) is 0 Å². The number of ether oxygens (including phenoxy) is 3. The number of nitrogens with zero attached hydrogens (tertiary/aromatic N) is 15. The van der Waals surface area contributed by atoms with Gasteiger partial charge in [0, 0.05) is 27.5 Å². The number of hydrogen-bond acceptors (Lipinski definition) is 18. The van der Waals surface area contributed by atoms with Crippen molar-refractivity contribution in [3.05, 3.63) is 79.0 Å². The van der Waals surface area contributed by atoms with Gasteiger partial charge in [0.2, 0.25) is 0 Å². The van der Waals surface area contributed by atoms with E-state index in [0.29, 0.717) is 89.5 Å². The minimum Gasteiger partial charge on any atom is -0.390 e. The standard InChI is InChI=1S/C25H40N4O2.C25H40N4O.C25H39N3O2.C24H38N4O2/c1-16(14-29-17(2)26-27-28-29)22-7-8-23-21-6-5-18-13-25(30,15-31-4)12-10-19(18)20(21)9-11-24(22,23)3;1-5-25(30)13-11-19-18(14-25)6-7-21-20(19)10-12-24(4)22(8-9-23(21)24)16(2)15-29-27-17(3)26-28-29;1-17(15-28-13-12-26-27-28)22-6-7-23-21-5-4-18-14-25(29,16-30-3)11-9-19(18)20(21)8-10-24(22,23)2;1-16(13-28-15-25-26-27-28)21-6-7-22-20-5-4-17-12-24(29,14-30-3)11-9-18(17)19(20)8-10-23(21,22)2/h18-23,30H,1,5-15H2,2-4H3;18-23,30H,2,5-15H2,1,3-4H3;12-13,18-23,29H,1,4-11,14-16H2,2-3H3;15,17-22,29H,1,4-14H2,2-3H3/t3*18-,19-,20+,21+,22+,23-,24+,25+;17-,18-,19+,20+,21+,22-,23+,24+/m0000/s1. The predicted molar refractivity (Wildman–Crippen MR) is 468 cm³/mol. The van der Waals surface area contributed by atoms with Gasteiger partial charge in [-0.15, -0.1) is 25.5 Å². The van der Waals surface area contributed by atoms with Crippen LogP contribution in [0.15, 0.2) is 67.3 Å². The predicted octanol–water partition coefficient (Wildman–Crippen LogP) is 17.5. The molecule has 16 saturated carbocycles. The lowest BCUT2D eigenvalue weighted by molar-refractivity contribution is -0.123. The Balaban J connectivity index is 0.000000115. The van der Waals surface area contributed by atoms with E-state index in [9.17, 15) is 20.4 Å². The fourth-order valence-corrected chi connectivity index (χ4v) is 34.6. The van der Waals surface area contributed by atoms with E-state index < -0.39 is 16.8 Å². The molecule has 0 spiro atoms. The van der Waals surface area contributed by atoms with E-state index in [-0.39, 0.29) is 5.60 Å². The molecule has 0 radical (unpaired) electrons. The van der Waals surface area contributed by atoms with Crippen LogP contribution in [0.3, 0.4) is 0 Å². The zero-order valence-electron chi connectivity index (χ0n) is 76.3. The Hall–Kier alpha value is -4.97. The average Bonchev–Trinajstić information content (AvgIpc) is 1.69. The molecule has 0 saturated heterocycles. The maximum Gasteiger partial charge on any atom is 0.171 e. The molecule has 32 atom stereocenters. The van der Waals surface area contributed by atoms with Crippen LogP contribution in [-0.2, 0) is 40.4 Å². The van der Waals surface area contributed by atoms with Crippen molar-refractivity contribution in [2.45, 2.75) is 335 Å². The summed E-state index contributed by atoms with van der Waals surface area (Å²) < 4.78 is 21.7. The fraction of sp³-hybridized carbons (Fsp3) is 0.869. The first-order valence-corrected chi connectivity index (χ1v) is 49.1. The van der Waals surface area contributed by atoms with Crippen LogP contribution in [0.25, 0.3) is 0 Å². The number of aryl methyl sites for hydroxylation is 2. The van der Waals surface area contributed by atoms with Crippen molar-refractivity contribution in [3.8, 4) is 0 Å². The number of methoxy groups -OCH3 is 3. The van der Waals surface area contributed by atoms with Gasteiger partial charge in [0.1, 0.15) is 12.2 Å². The minimum absolute atomic E-state index is 0.373. The number of aliphatic hydroxyl groups is 4. The smallest absolute Gasteiger partial charge is 0.171 e. The number of hydrogen-bond donors (Lipinski definition) is 4. The van der Waals surface area contributed by atoms with Crippen molar-refractivity contribution >= 4 is 0 Å². The van der Waals surface area contributed by atoms with E-state index in [1.54, 1.807) is 38.7 Å². The van der Waals surface area contributed by atoms with Gasteiger partial charge in [0.15, 0.2) is 5.82 Å². The third-order valence-electron chi connectivity index (χ3n) is 39.8. The molecule has 16 fully saturated rings. The number of fused-ring (bicyclic) bond motifs is 20. The summed E-state index contributed by atoms with van der Waals surface area (Å²) in [5.74, 6) is 20.5. The van der Waals surface area contributed by atoms with Crippen LogP contribution >= 0.6 is 0 Å². The highest BCUT2D eigenvalue weighted by Crippen LogP contribution is 2.71. The zero-order valence-corrected chi connectivity index (χ0v) is 76.3. The van der Waals surface area contributed by atoms with Gasteiger partial charge in [-0.2, -0.15) is 4.80 Å². The third-order valence-corrected chi connectivity index (χ3v) is 39.8. The second kappa shape index (κ2) is 35.2. The maximum absolute atomic E-state index is 11.0. The molecule has 0 aliphatic heterocycles. The Kier molecular flexibility index (Phi) is 25.6. The van der Waals surface area contributed by atoms with Crippen molar-refractivity contribution in [2.24, 2.45) is 164 Å². The van der Waals surface area contributed by atoms with Gasteiger partial charge in [-0.25, -0.2) is 14.0 Å². The maximum atomic E-state index is 11.0. The SMILES string of the molecule is C=C(Cn1ccnn1)[C@H]1CC[C@H]2[C@@H]3CC[C@H]4C[C@@](O)(COC)CC[C@@H]4[C@H]3CC[C@]12C.C=C(Cn1cnnn1)[C@H]1CC[C@H]2[C@@H]3CC[C@H]4C[C@@](O)(COC)CC[C@@H]4[C@H]3CC[C@]12C.C=C(Cn1nnc(C)n1)[C@H]1CC[C@H]2[C@@H]3CC[C@H]4C[C@@](O)(CC)CC[C@@H]4[C@H]3CC[C@]12C.C=C(Cn1nnnc1C)[C@H]1CC[C@H]2[C@@H]3CC[C@H]4C[C@@](O)(COC)CC[C@@H]4[C@H]3CC[C@]12C. The van der Waals surface area contributed by atoms with E-state index in [1.165, 1.54) is 202 Å². The molecule has 670 valence electrons. The molecular weight excluding hydrogens is 1510 g/mol. The van der Waals surface area contributed by atoms with E-state index in [4.69, 9.17) is 14.2 Å². The Morgan fingerprint density at radius 1 is 0.380 bits per heavy atom. The third kappa shape index (κ3) is 16.9. The normalized spacial score (nSPS) is 45.2. The van der Waals surface area contributed by atoms with Crippen molar-refractivity contribution in [3.63, 3.8) is 0 Å². The molecular formula is C99H157N15O7. The second-order valence-corrected chi connectivity index (χ2v) is 45.5. The van der Waals surface area contributed by atoms with Crippen LogP contribution in [0.1, 0.15) is 284 Å². The molecule has 0 aromatic carbocycles. The Morgan fingerprint density at radius 2 is 0.744 bits per heavy atom. The summed E-state index contributed by atoms with van der Waals surface area (Å²) in [6, 6.07) is 0. The number of allylic oxidation sites excluding steroid dienone is 4. The van der Waals surface area contributed by atoms with Crippen LogP contribution < -0.4 is 0 Å². The number of tetrazole rings is 3. The van der Waals surface area contributed by atoms with Gasteiger partial charge in [0.05, 0.1) is 74.6 Å². The number of aromatic nitrogens is 15. The highest BCUT2D eigenvalue weighted by molar-refractivity contribution is 5.21. The lowest BCUT2D eigenvalue weighted by atomic mass is 9.48. The molecule has 0 bridgehead atoms. The highest BCUT2D eigenvalue weighted by Gasteiger charge is 2.64. The first-order chi connectivity index (χ1) is 58.0. The summed E-state index contributed by atoms with van der Waals surface area (Å²) in [6.07, 6.45) is 50.8. The summed E-state index contributed by atoms with van der Waals surface area (Å²) >= 11 is 0. The summed E-state index contributed by atoms with van der Waals surface area (Å²) in [5.41, 5.74) is 4.69. The van der Waals surface area contributed by atoms with Crippen LogP contribution in [0.4, 0.5) is 0 Å². The zero-order chi connectivity index (χ0) is 84.8. The topological polar surface area (TPSA) is 270 Å². The van der Waals surface area contributed by atoms with Crippen LogP contribution in [0, 0.1) is 178 Å². The quantitative estimate of drug-likeness (QED) is 0.0635. The molecule has 20 rings (SSSR count). The molecule has 4 N–H and O–H groups in total. The number of rotatable bonds is 19. The Morgan fingerprint density at radius 3 is 1.07 bits per heavy atom. The van der Waals surface area contributed by atoms with Gasteiger partial charge in [0.25, 0.3) is 0 Å². The lowest BCUT2D eigenvalue weighted by Crippen LogP contribution is -2.52. The van der Waals surface area contributed by atoms with Crippen molar-refractivity contribution in [2.75, 3.05) is 41.2 Å². The molecule has 0 amide bonds. The molecule has 0 unspecified atom stereocenters. The van der Waals surface area contributed by atoms with E-state index >= 15 is 0 Å². The highest BCUT2D eigenvalue weighted by atomic mass is 16.5. The van der Waals surface area contributed by atoms with Crippen molar-refractivity contribution in [1.82, 2.24) is 75.6 Å². The first kappa shape index (κ1) is 88.1. The molecule has 4 heterocycles. The van der Waals surface area contributed by atoms with Gasteiger partial charge in [-0.3, -0.25) is 0 Å². The Labute approximate surface area is 724 Å². The molecule has 22 nitrogen and oxygen atoms in total. The summed E-state index contributed by atoms with van der Waals surface area (Å²) in [4.78, 5) is 1.72. The van der Waals surface area contributed by atoms with Crippen LogP contribution in [-0.4, -0.2) is 160 Å². The minimum atomic E-state index is -0.587. The molecule has 16 aliphatic rings. The summed E-state index contributed by atoms with van der Waals surface area (Å²) in [7, 11) is 5.15. The van der Waals surface area contributed by atoms with Gasteiger partial charge < -0.3 is 34.6 Å². The average molecular weight is 1670 g/mol. The van der Waals surface area contributed by atoms with E-state index in [0.717, 1.165) is 190 Å². The first-order valence-electron chi connectivity index (χ1n) is 49.1. The second-order valence-electron chi connectivity index (χ2n) is 45.5. The molecule has 22 heteroatoms. The largest absolute Gasteiger partial charge is 0.390 e. The fourth-order valence-electron chi connectivity index (χ4n) is 34.6. The monoisotopic (exact) mass is 1670 g/mol. The van der Waals surface area contributed by atoms with E-state index in [2.05, 4.69) is 118 Å². The van der Waals surface area contributed by atoms with Gasteiger partial charge >= 0.3 is 0 Å². The van der Waals surface area contributed by atoms with Crippen molar-refractivity contribution < 1.29 is 34.6 Å². The van der Waals surface area contributed by atoms with Crippen LogP contribution in [0.5, 0.6) is 0 Å². The molecule has 4 aromatic rings. The molecule has 16 aliphatic carbocycles. The molecule has 121 heavy (non-hydrogen) atoms. The summed E-state index contributed by atoms with van der Waals surface area (Å²) in [5, 5.41) is 88.1. The van der Waals surface area contributed by atoms with Gasteiger partial charge in [-0.05, 0) is 441 Å². The molecule has 4 aromatic heterocycles. The van der Waals surface area contributed by atoms with Crippen molar-refractivity contribution in [1.29, 1.82) is 0 Å². The van der Waals surface area contributed by atoms with E-state index in [1.807, 2.05) is 34.1 Å². The van der Waals surface area contributed by atoms with Gasteiger partial charge in [-0.1, -0.05) is 88.4 Å². The Bertz CT molecular complexity index is 4080. The summed E-state index contributed by atoms with van der Waals surface area (Å²) in [6.45, 7) is 38.9. The lowest BCUT2D eigenvalue weighted by Gasteiger charge is -2.57.